The number of nitrogens with two attached hydrogens (primary N) is 1. The molecule has 1 heterocycles. The van der Waals surface area contributed by atoms with Gasteiger partial charge in [0, 0.05) is 19.2 Å². The SMILES string of the molecule is CC(N)C(C)C(=O)Nc1ccnn1C. The number of amides is 1. The van der Waals surface area contributed by atoms with Crippen LogP contribution in [-0.2, 0) is 11.8 Å². The molecular weight excluding hydrogens is 180 g/mol. The zero-order valence-corrected chi connectivity index (χ0v) is 8.69. The maximum atomic E-state index is 11.6. The maximum Gasteiger partial charge on any atom is 0.229 e. The molecule has 1 aromatic rings. The van der Waals surface area contributed by atoms with E-state index in [9.17, 15) is 4.79 Å². The van der Waals surface area contributed by atoms with Gasteiger partial charge < -0.3 is 11.1 Å². The minimum Gasteiger partial charge on any atom is -0.327 e. The first-order chi connectivity index (χ1) is 6.52. The van der Waals surface area contributed by atoms with Crippen LogP contribution in [0.15, 0.2) is 12.3 Å². The van der Waals surface area contributed by atoms with Gasteiger partial charge in [-0.15, -0.1) is 0 Å². The molecule has 0 bridgehead atoms. The second-order valence-corrected chi connectivity index (χ2v) is 3.48. The summed E-state index contributed by atoms with van der Waals surface area (Å²) in [4.78, 5) is 11.6. The Morgan fingerprint density at radius 3 is 2.71 bits per heavy atom. The Labute approximate surface area is 83.3 Å². The monoisotopic (exact) mass is 196 g/mol. The normalized spacial score (nSPS) is 14.9. The van der Waals surface area contributed by atoms with E-state index in [-0.39, 0.29) is 17.9 Å². The molecule has 0 aliphatic heterocycles. The van der Waals surface area contributed by atoms with Crippen molar-refractivity contribution in [3.05, 3.63) is 12.3 Å². The molecule has 0 fully saturated rings. The number of hydrogen-bond acceptors (Lipinski definition) is 3. The molecule has 3 N–H and O–H groups in total. The molecule has 14 heavy (non-hydrogen) atoms. The summed E-state index contributed by atoms with van der Waals surface area (Å²) in [6.45, 7) is 3.61. The third-order valence-electron chi connectivity index (χ3n) is 2.27. The summed E-state index contributed by atoms with van der Waals surface area (Å²) >= 11 is 0. The van der Waals surface area contributed by atoms with E-state index in [1.165, 1.54) is 0 Å². The van der Waals surface area contributed by atoms with Crippen LogP contribution in [0.2, 0.25) is 0 Å². The van der Waals surface area contributed by atoms with E-state index in [1.807, 2.05) is 6.92 Å². The number of nitrogens with one attached hydrogen (secondary N) is 1. The predicted octanol–water partition coefficient (Wildman–Crippen LogP) is 0.342. The minimum atomic E-state index is -0.204. The van der Waals surface area contributed by atoms with Crippen LogP contribution in [0.3, 0.4) is 0 Å². The van der Waals surface area contributed by atoms with E-state index in [1.54, 1.807) is 30.9 Å². The third-order valence-corrected chi connectivity index (χ3v) is 2.27. The molecule has 0 saturated carbocycles. The van der Waals surface area contributed by atoms with Crippen LogP contribution in [0.1, 0.15) is 13.8 Å². The summed E-state index contributed by atoms with van der Waals surface area (Å²) in [7, 11) is 1.77. The largest absolute Gasteiger partial charge is 0.327 e. The van der Waals surface area contributed by atoms with Crippen molar-refractivity contribution in [1.82, 2.24) is 9.78 Å². The summed E-state index contributed by atoms with van der Waals surface area (Å²) in [5.41, 5.74) is 5.62. The van der Waals surface area contributed by atoms with Crippen molar-refractivity contribution >= 4 is 11.7 Å². The fraction of sp³-hybridized carbons (Fsp3) is 0.556. The molecule has 78 valence electrons. The van der Waals surface area contributed by atoms with Crippen LogP contribution >= 0.6 is 0 Å². The van der Waals surface area contributed by atoms with Crippen molar-refractivity contribution in [3.63, 3.8) is 0 Å². The second-order valence-electron chi connectivity index (χ2n) is 3.48. The highest BCUT2D eigenvalue weighted by Gasteiger charge is 2.17. The number of carbonyl (C=O) groups is 1. The van der Waals surface area contributed by atoms with E-state index < -0.39 is 0 Å². The number of aromatic nitrogens is 2. The topological polar surface area (TPSA) is 72.9 Å². The Morgan fingerprint density at radius 2 is 2.29 bits per heavy atom. The van der Waals surface area contributed by atoms with Crippen LogP contribution in [0.4, 0.5) is 5.82 Å². The first-order valence-electron chi connectivity index (χ1n) is 4.57. The molecular formula is C9H16N4O. The van der Waals surface area contributed by atoms with Crippen LogP contribution in [0.5, 0.6) is 0 Å². The van der Waals surface area contributed by atoms with Crippen LogP contribution < -0.4 is 11.1 Å². The molecule has 0 aliphatic rings. The van der Waals surface area contributed by atoms with Gasteiger partial charge in [-0.1, -0.05) is 6.92 Å². The van der Waals surface area contributed by atoms with Gasteiger partial charge in [-0.2, -0.15) is 5.10 Å². The molecule has 0 aliphatic carbocycles. The molecule has 0 radical (unpaired) electrons. The average Bonchev–Trinajstić information content (AvgIpc) is 2.50. The Kier molecular flexibility index (Phi) is 3.24. The van der Waals surface area contributed by atoms with Gasteiger partial charge in [0.15, 0.2) is 0 Å². The summed E-state index contributed by atoms with van der Waals surface area (Å²) in [6, 6.07) is 1.59. The molecule has 1 aromatic heterocycles. The van der Waals surface area contributed by atoms with Gasteiger partial charge in [-0.05, 0) is 6.92 Å². The van der Waals surface area contributed by atoms with Crippen molar-refractivity contribution in [2.24, 2.45) is 18.7 Å². The number of aryl methyl sites for hydroxylation is 1. The summed E-state index contributed by atoms with van der Waals surface area (Å²) in [5.74, 6) is 0.399. The average molecular weight is 196 g/mol. The molecule has 2 unspecified atom stereocenters. The van der Waals surface area contributed by atoms with Crippen molar-refractivity contribution in [2.75, 3.05) is 5.32 Å². The molecule has 0 spiro atoms. The first-order valence-corrected chi connectivity index (χ1v) is 4.57. The molecule has 5 nitrogen and oxygen atoms in total. The van der Waals surface area contributed by atoms with Crippen LogP contribution in [0, 0.1) is 5.92 Å². The fourth-order valence-electron chi connectivity index (χ4n) is 0.975. The fourth-order valence-corrected chi connectivity index (χ4v) is 0.975. The zero-order chi connectivity index (χ0) is 10.7. The first kappa shape index (κ1) is 10.7. The van der Waals surface area contributed by atoms with Gasteiger partial charge in [0.1, 0.15) is 5.82 Å². The Balaban J connectivity index is 2.62. The van der Waals surface area contributed by atoms with Crippen LogP contribution in [-0.4, -0.2) is 21.7 Å². The van der Waals surface area contributed by atoms with Crippen molar-refractivity contribution in [1.29, 1.82) is 0 Å². The van der Waals surface area contributed by atoms with Crippen LogP contribution in [0.25, 0.3) is 0 Å². The van der Waals surface area contributed by atoms with E-state index in [0.717, 1.165) is 0 Å². The predicted molar refractivity (Wildman–Crippen MR) is 54.7 cm³/mol. The lowest BCUT2D eigenvalue weighted by atomic mass is 10.0. The van der Waals surface area contributed by atoms with E-state index in [4.69, 9.17) is 5.73 Å². The van der Waals surface area contributed by atoms with Gasteiger partial charge >= 0.3 is 0 Å². The lowest BCUT2D eigenvalue weighted by molar-refractivity contribution is -0.119. The van der Waals surface area contributed by atoms with Gasteiger partial charge in [0.2, 0.25) is 5.91 Å². The minimum absolute atomic E-state index is 0.0800. The Bertz CT molecular complexity index is 318. The van der Waals surface area contributed by atoms with E-state index in [0.29, 0.717) is 5.82 Å². The van der Waals surface area contributed by atoms with E-state index in [2.05, 4.69) is 10.4 Å². The summed E-state index contributed by atoms with van der Waals surface area (Å²) < 4.78 is 1.60. The molecule has 5 heteroatoms. The zero-order valence-electron chi connectivity index (χ0n) is 8.69. The quantitative estimate of drug-likeness (QED) is 0.732. The highest BCUT2D eigenvalue weighted by atomic mass is 16.2. The highest BCUT2D eigenvalue weighted by molar-refractivity contribution is 5.91. The number of anilines is 1. The summed E-state index contributed by atoms with van der Waals surface area (Å²) in [6.07, 6.45) is 1.63. The van der Waals surface area contributed by atoms with E-state index >= 15 is 0 Å². The van der Waals surface area contributed by atoms with Crippen molar-refractivity contribution in [3.8, 4) is 0 Å². The maximum absolute atomic E-state index is 11.6. The van der Waals surface area contributed by atoms with Gasteiger partial charge in [0.05, 0.1) is 12.1 Å². The lowest BCUT2D eigenvalue weighted by Gasteiger charge is -2.14. The Morgan fingerprint density at radius 1 is 1.64 bits per heavy atom. The van der Waals surface area contributed by atoms with Gasteiger partial charge in [-0.25, -0.2) is 0 Å². The van der Waals surface area contributed by atoms with Crippen molar-refractivity contribution in [2.45, 2.75) is 19.9 Å². The molecule has 1 amide bonds. The standard InChI is InChI=1S/C9H16N4O/c1-6(7(2)10)9(14)12-8-4-5-11-13(8)3/h4-7H,10H2,1-3H3,(H,12,14). The molecule has 0 aromatic carbocycles. The molecule has 2 atom stereocenters. The van der Waals surface area contributed by atoms with Gasteiger partial charge in [-0.3, -0.25) is 9.48 Å². The van der Waals surface area contributed by atoms with Crippen molar-refractivity contribution < 1.29 is 4.79 Å². The number of nitrogens with zero attached hydrogens (tertiary/aromatic N) is 2. The summed E-state index contributed by atoms with van der Waals surface area (Å²) in [5, 5.41) is 6.70. The second kappa shape index (κ2) is 4.23. The smallest absolute Gasteiger partial charge is 0.229 e. The van der Waals surface area contributed by atoms with Gasteiger partial charge in [0.25, 0.3) is 0 Å². The number of carbonyl (C=O) groups excluding carboxylic acids is 1. The Hall–Kier alpha value is -1.36. The molecule has 0 saturated heterocycles. The lowest BCUT2D eigenvalue weighted by Crippen LogP contribution is -2.34. The number of hydrogen-bond donors (Lipinski definition) is 2. The highest BCUT2D eigenvalue weighted by Crippen LogP contribution is 2.07. The third kappa shape index (κ3) is 2.32. The molecule has 1 rings (SSSR count). The number of rotatable bonds is 3.